The van der Waals surface area contributed by atoms with Gasteiger partial charge in [-0.15, -0.1) is 0 Å². The van der Waals surface area contributed by atoms with Gasteiger partial charge in [-0.1, -0.05) is 142 Å². The molecule has 0 bridgehead atoms. The molecule has 0 aromatic rings. The summed E-state index contributed by atoms with van der Waals surface area (Å²) >= 11 is 0. The minimum absolute atomic E-state index is 0.175. The first-order chi connectivity index (χ1) is 37.3. The van der Waals surface area contributed by atoms with Gasteiger partial charge >= 0.3 is 0 Å². The number of nitrogens with one attached hydrogen (secondary N) is 1. The van der Waals surface area contributed by atoms with Gasteiger partial charge in [0.2, 0.25) is 5.91 Å². The van der Waals surface area contributed by atoms with Gasteiger partial charge in [0.1, 0.15) is 73.2 Å². The summed E-state index contributed by atoms with van der Waals surface area (Å²) in [6.45, 7) is 1.38. The molecule has 0 radical (unpaired) electrons. The highest BCUT2D eigenvalue weighted by molar-refractivity contribution is 5.76. The molecule has 0 spiro atoms. The molecule has 3 heterocycles. The van der Waals surface area contributed by atoms with Gasteiger partial charge in [0.15, 0.2) is 18.9 Å². The van der Waals surface area contributed by atoms with E-state index in [2.05, 4.69) is 109 Å². The van der Waals surface area contributed by atoms with Crippen molar-refractivity contribution in [3.8, 4) is 0 Å². The number of aliphatic hydroxyl groups is 11. The number of unbranched alkanes of at least 4 members (excludes halogenated alkanes) is 3. The first kappa shape index (κ1) is 67.7. The van der Waals surface area contributed by atoms with E-state index >= 15 is 0 Å². The summed E-state index contributed by atoms with van der Waals surface area (Å²) in [4.78, 5) is 13.1. The first-order valence-electron chi connectivity index (χ1n) is 27.6. The molecule has 0 saturated carbocycles. The van der Waals surface area contributed by atoms with Crippen LogP contribution in [-0.2, 0) is 33.2 Å². The molecule has 1 amide bonds. The molecule has 12 N–H and O–H groups in total. The molecule has 0 aliphatic carbocycles. The summed E-state index contributed by atoms with van der Waals surface area (Å²) in [6, 6.07) is -0.921. The van der Waals surface area contributed by atoms with Crippen molar-refractivity contribution in [3.63, 3.8) is 0 Å². The molecule has 438 valence electrons. The van der Waals surface area contributed by atoms with E-state index < -0.39 is 124 Å². The van der Waals surface area contributed by atoms with Crippen LogP contribution in [0.1, 0.15) is 117 Å². The lowest BCUT2D eigenvalue weighted by molar-refractivity contribution is -0.379. The van der Waals surface area contributed by atoms with Crippen LogP contribution in [0.3, 0.4) is 0 Å². The van der Waals surface area contributed by atoms with E-state index in [1.807, 2.05) is 19.1 Å². The van der Waals surface area contributed by atoms with Crippen molar-refractivity contribution in [1.82, 2.24) is 5.32 Å². The van der Waals surface area contributed by atoms with E-state index in [0.29, 0.717) is 25.7 Å². The van der Waals surface area contributed by atoms with Crippen LogP contribution in [0.5, 0.6) is 0 Å². The first-order valence-corrected chi connectivity index (χ1v) is 27.6. The number of carbonyl (C=O) groups is 1. The number of rotatable bonds is 37. The molecule has 19 heteroatoms. The van der Waals surface area contributed by atoms with Crippen LogP contribution in [0.15, 0.2) is 109 Å². The fourth-order valence-electron chi connectivity index (χ4n) is 8.55. The molecule has 3 fully saturated rings. The Morgan fingerprint density at radius 3 is 1.30 bits per heavy atom. The average Bonchev–Trinajstić information content (AvgIpc) is 3.43. The van der Waals surface area contributed by atoms with Crippen molar-refractivity contribution < 1.29 is 89.4 Å². The molecule has 17 atom stereocenters. The van der Waals surface area contributed by atoms with Crippen LogP contribution in [0.4, 0.5) is 0 Å². The van der Waals surface area contributed by atoms with Crippen molar-refractivity contribution in [2.75, 3.05) is 26.4 Å². The van der Waals surface area contributed by atoms with E-state index in [9.17, 15) is 61.0 Å². The van der Waals surface area contributed by atoms with E-state index in [0.717, 1.165) is 70.6 Å². The maximum atomic E-state index is 13.1. The molecule has 3 aliphatic rings. The maximum absolute atomic E-state index is 13.1. The van der Waals surface area contributed by atoms with Crippen LogP contribution in [0.2, 0.25) is 0 Å². The Kier molecular flexibility index (Phi) is 35.7. The standard InChI is InChI=1S/C58H93NO18/c1-3-5-7-8-9-10-11-12-13-14-15-16-17-18-19-20-21-22-23-24-25-26-27-28-29-30-31-32-34-36-46(64)59-41(42(63)35-33-6-4-2)40-72-56-52(70)49(67)54(44(38-61)74-56)77-58-53(71)50(68)55(45(39-62)75-58)76-57-51(69)48(66)47(65)43(37-60)73-57/h5,7,9-10,12-13,15-16,18-19,21-22,24-25,27-28,30-31,41-45,47-58,60-63,65-71H,3-4,6,8,11,14,17,20,23,26,29,32-40H2,1-2H3,(H,59,64)/b7-5-,10-9-,13-12-,16-15-,19-18-,22-21-,25-24-,28-27-,31-30-. The van der Waals surface area contributed by atoms with Crippen molar-refractivity contribution >= 4 is 5.91 Å². The van der Waals surface area contributed by atoms with Crippen LogP contribution in [-0.4, -0.2) is 193 Å². The summed E-state index contributed by atoms with van der Waals surface area (Å²) in [5.41, 5.74) is 0. The molecule has 0 aromatic heterocycles. The zero-order chi connectivity index (χ0) is 56.2. The van der Waals surface area contributed by atoms with E-state index in [4.69, 9.17) is 28.4 Å². The van der Waals surface area contributed by atoms with Gasteiger partial charge in [-0.25, -0.2) is 0 Å². The second-order valence-corrected chi connectivity index (χ2v) is 19.3. The predicted octanol–water partition coefficient (Wildman–Crippen LogP) is 3.58. The number of amides is 1. The van der Waals surface area contributed by atoms with Crippen LogP contribution in [0.25, 0.3) is 0 Å². The van der Waals surface area contributed by atoms with Crippen molar-refractivity contribution in [2.24, 2.45) is 0 Å². The number of aliphatic hydroxyl groups excluding tert-OH is 11. The topological polar surface area (TPSA) is 307 Å². The van der Waals surface area contributed by atoms with Crippen LogP contribution < -0.4 is 5.32 Å². The highest BCUT2D eigenvalue weighted by atomic mass is 16.8. The smallest absolute Gasteiger partial charge is 0.220 e. The second kappa shape index (κ2) is 40.6. The van der Waals surface area contributed by atoms with Gasteiger partial charge in [-0.2, -0.15) is 0 Å². The van der Waals surface area contributed by atoms with Gasteiger partial charge in [0.05, 0.1) is 38.6 Å². The van der Waals surface area contributed by atoms with Crippen LogP contribution >= 0.6 is 0 Å². The summed E-state index contributed by atoms with van der Waals surface area (Å²) < 4.78 is 33.9. The molecule has 0 aromatic carbocycles. The quantitative estimate of drug-likeness (QED) is 0.0313. The maximum Gasteiger partial charge on any atom is 0.220 e. The molecule has 3 saturated heterocycles. The predicted molar refractivity (Wildman–Crippen MR) is 290 cm³/mol. The molecule has 77 heavy (non-hydrogen) atoms. The van der Waals surface area contributed by atoms with E-state index in [1.54, 1.807) is 0 Å². The minimum Gasteiger partial charge on any atom is -0.394 e. The second-order valence-electron chi connectivity index (χ2n) is 19.3. The van der Waals surface area contributed by atoms with Crippen molar-refractivity contribution in [3.05, 3.63) is 109 Å². The van der Waals surface area contributed by atoms with Gasteiger partial charge in [0, 0.05) is 6.42 Å². The average molecular weight is 1090 g/mol. The van der Waals surface area contributed by atoms with Crippen molar-refractivity contribution in [1.29, 1.82) is 0 Å². The summed E-state index contributed by atoms with van der Waals surface area (Å²) in [5.74, 6) is -0.320. The lowest BCUT2D eigenvalue weighted by atomic mass is 9.96. The Hall–Kier alpha value is -3.55. The Labute approximate surface area is 455 Å². The fraction of sp³-hybridized carbons (Fsp3) is 0.672. The Balaban J connectivity index is 1.38. The molecular weight excluding hydrogens is 999 g/mol. The highest BCUT2D eigenvalue weighted by Crippen LogP contribution is 2.33. The number of allylic oxidation sites excluding steroid dienone is 18. The minimum atomic E-state index is -1.98. The van der Waals surface area contributed by atoms with E-state index in [1.165, 1.54) is 0 Å². The normalized spacial score (nSPS) is 31.6. The summed E-state index contributed by atoms with van der Waals surface area (Å²) in [7, 11) is 0. The largest absolute Gasteiger partial charge is 0.394 e. The Morgan fingerprint density at radius 2 is 0.870 bits per heavy atom. The molecule has 3 aliphatic heterocycles. The third-order valence-electron chi connectivity index (χ3n) is 13.1. The monoisotopic (exact) mass is 1090 g/mol. The van der Waals surface area contributed by atoms with Gasteiger partial charge in [-0.3, -0.25) is 4.79 Å². The number of hydrogen-bond donors (Lipinski definition) is 12. The number of carbonyl (C=O) groups excluding carboxylic acids is 1. The lowest BCUT2D eigenvalue weighted by Crippen LogP contribution is -2.66. The SMILES string of the molecule is CC/C=C\C/C=C\C/C=C\C/C=C\C/C=C\C/C=C\C/C=C\C/C=C\C/C=C\CCCC(=O)NC(COC1OC(CO)C(OC2OC(CO)C(OC3OC(CO)C(O)C(O)C3O)C(O)C2O)C(O)C1O)C(O)CCCCC. The van der Waals surface area contributed by atoms with Crippen LogP contribution in [0, 0.1) is 0 Å². The third-order valence-corrected chi connectivity index (χ3v) is 13.1. The molecule has 17 unspecified atom stereocenters. The number of hydrogen-bond acceptors (Lipinski definition) is 18. The lowest BCUT2D eigenvalue weighted by Gasteiger charge is -2.48. The van der Waals surface area contributed by atoms with Gasteiger partial charge < -0.3 is 89.9 Å². The van der Waals surface area contributed by atoms with Crippen molar-refractivity contribution in [2.45, 2.75) is 221 Å². The Bertz CT molecular complexity index is 1830. The van der Waals surface area contributed by atoms with Gasteiger partial charge in [0.25, 0.3) is 0 Å². The summed E-state index contributed by atoms with van der Waals surface area (Å²) in [5, 5.41) is 119. The molecule has 3 rings (SSSR count). The fourth-order valence-corrected chi connectivity index (χ4v) is 8.55. The highest BCUT2D eigenvalue weighted by Gasteiger charge is 2.53. The third kappa shape index (κ3) is 25.2. The van der Waals surface area contributed by atoms with E-state index in [-0.39, 0.29) is 18.9 Å². The molecular formula is C58H93NO18. The Morgan fingerprint density at radius 1 is 0.481 bits per heavy atom. The zero-order valence-electron chi connectivity index (χ0n) is 45.1. The number of ether oxygens (including phenoxy) is 6. The summed E-state index contributed by atoms with van der Waals surface area (Å²) in [6.07, 6.45) is 24.7. The molecule has 19 nitrogen and oxygen atoms in total. The zero-order valence-corrected chi connectivity index (χ0v) is 45.1. The van der Waals surface area contributed by atoms with Gasteiger partial charge in [-0.05, 0) is 77.0 Å².